The number of urea groups is 1. The third-order valence-electron chi connectivity index (χ3n) is 2.70. The second-order valence-electron chi connectivity index (χ2n) is 3.88. The zero-order valence-electron chi connectivity index (χ0n) is 9.83. The Kier molecular flexibility index (Phi) is 3.34. The van der Waals surface area contributed by atoms with E-state index in [1.54, 1.807) is 11.3 Å². The number of imide groups is 1. The lowest BCUT2D eigenvalue weighted by atomic mass is 10.5. The number of hydrogen-bond donors (Lipinski definition) is 1. The van der Waals surface area contributed by atoms with Crippen molar-refractivity contribution in [1.29, 1.82) is 0 Å². The molecule has 0 spiro atoms. The lowest BCUT2D eigenvalue weighted by Crippen LogP contribution is -2.35. The number of aromatic nitrogens is 2. The summed E-state index contributed by atoms with van der Waals surface area (Å²) in [6.07, 6.45) is 1.49. The van der Waals surface area contributed by atoms with Crippen molar-refractivity contribution in [3.8, 4) is 0 Å². The molecule has 0 bridgehead atoms. The van der Waals surface area contributed by atoms with E-state index in [0.717, 1.165) is 15.2 Å². The maximum absolute atomic E-state index is 11.9. The predicted molar refractivity (Wildman–Crippen MR) is 73.3 cm³/mol. The second kappa shape index (κ2) is 5.14. The highest BCUT2D eigenvalue weighted by atomic mass is 32.2. The number of amides is 3. The molecule has 6 nitrogen and oxygen atoms in total. The van der Waals surface area contributed by atoms with E-state index in [2.05, 4.69) is 15.3 Å². The standard InChI is InChI=1S/C11H10N4O2S2/c16-8(15-3-2-12-11(15)17)5-19-10-9-7(1-4-18-9)13-6-14-10/h1,4,6H,2-3,5H2,(H,12,17). The first kappa shape index (κ1) is 12.4. The number of fused-ring (bicyclic) bond motifs is 1. The van der Waals surface area contributed by atoms with Crippen LogP contribution < -0.4 is 5.32 Å². The maximum atomic E-state index is 11.9. The number of carbonyl (C=O) groups excluding carboxylic acids is 2. The van der Waals surface area contributed by atoms with Gasteiger partial charge in [0.15, 0.2) is 0 Å². The Bertz CT molecular complexity index is 642. The largest absolute Gasteiger partial charge is 0.336 e. The van der Waals surface area contributed by atoms with E-state index in [1.165, 1.54) is 23.0 Å². The molecule has 0 atom stereocenters. The van der Waals surface area contributed by atoms with Crippen molar-refractivity contribution < 1.29 is 9.59 Å². The highest BCUT2D eigenvalue weighted by molar-refractivity contribution is 8.00. The summed E-state index contributed by atoms with van der Waals surface area (Å²) in [6, 6.07) is 1.61. The zero-order valence-corrected chi connectivity index (χ0v) is 11.5. The van der Waals surface area contributed by atoms with Crippen LogP contribution in [0.1, 0.15) is 0 Å². The minimum absolute atomic E-state index is 0.191. The fourth-order valence-electron chi connectivity index (χ4n) is 1.79. The molecule has 0 saturated carbocycles. The second-order valence-corrected chi connectivity index (χ2v) is 5.76. The molecule has 2 aromatic rings. The van der Waals surface area contributed by atoms with Gasteiger partial charge in [-0.3, -0.25) is 9.69 Å². The van der Waals surface area contributed by atoms with Crippen molar-refractivity contribution in [2.45, 2.75) is 5.03 Å². The molecule has 0 radical (unpaired) electrons. The Morgan fingerprint density at radius 1 is 1.53 bits per heavy atom. The van der Waals surface area contributed by atoms with Crippen molar-refractivity contribution in [3.05, 3.63) is 17.8 Å². The highest BCUT2D eigenvalue weighted by Crippen LogP contribution is 2.28. The summed E-state index contributed by atoms with van der Waals surface area (Å²) in [4.78, 5) is 32.8. The number of thiophene rings is 1. The molecule has 3 heterocycles. The summed E-state index contributed by atoms with van der Waals surface area (Å²) in [7, 11) is 0. The fourth-order valence-corrected chi connectivity index (χ4v) is 3.61. The van der Waals surface area contributed by atoms with Crippen LogP contribution in [0, 0.1) is 0 Å². The van der Waals surface area contributed by atoms with Crippen molar-refractivity contribution in [2.75, 3.05) is 18.8 Å². The van der Waals surface area contributed by atoms with Gasteiger partial charge < -0.3 is 5.32 Å². The highest BCUT2D eigenvalue weighted by Gasteiger charge is 2.26. The molecule has 1 aliphatic rings. The van der Waals surface area contributed by atoms with Gasteiger partial charge in [0.05, 0.1) is 16.0 Å². The van der Waals surface area contributed by atoms with Crippen LogP contribution in [0.15, 0.2) is 22.8 Å². The normalized spacial score (nSPS) is 14.9. The van der Waals surface area contributed by atoms with Crippen LogP contribution in [0.5, 0.6) is 0 Å². The number of thioether (sulfide) groups is 1. The third kappa shape index (κ3) is 2.41. The molecular formula is C11H10N4O2S2. The van der Waals surface area contributed by atoms with Gasteiger partial charge in [-0.1, -0.05) is 11.8 Å². The van der Waals surface area contributed by atoms with E-state index in [9.17, 15) is 9.59 Å². The summed E-state index contributed by atoms with van der Waals surface area (Å²) < 4.78 is 0.978. The van der Waals surface area contributed by atoms with Crippen molar-refractivity contribution >= 4 is 45.3 Å². The summed E-state index contributed by atoms with van der Waals surface area (Å²) in [5.41, 5.74) is 0.883. The molecule has 1 N–H and O–H groups in total. The number of carbonyl (C=O) groups is 2. The number of nitrogens with zero attached hydrogens (tertiary/aromatic N) is 3. The summed E-state index contributed by atoms with van der Waals surface area (Å²) in [6.45, 7) is 0.967. The Morgan fingerprint density at radius 2 is 2.42 bits per heavy atom. The molecule has 3 rings (SSSR count). The van der Waals surface area contributed by atoms with Gasteiger partial charge in [0.1, 0.15) is 11.4 Å². The van der Waals surface area contributed by atoms with Gasteiger partial charge in [0.2, 0.25) is 5.91 Å². The van der Waals surface area contributed by atoms with Crippen LogP contribution in [-0.4, -0.2) is 45.6 Å². The van der Waals surface area contributed by atoms with Gasteiger partial charge >= 0.3 is 6.03 Å². The molecule has 19 heavy (non-hydrogen) atoms. The molecule has 2 aromatic heterocycles. The van der Waals surface area contributed by atoms with E-state index in [0.29, 0.717) is 13.1 Å². The average Bonchev–Trinajstić information content (AvgIpc) is 3.04. The SMILES string of the molecule is O=C(CSc1ncnc2ccsc12)N1CCNC1=O. The van der Waals surface area contributed by atoms with Gasteiger partial charge in [-0.25, -0.2) is 14.8 Å². The summed E-state index contributed by atoms with van der Waals surface area (Å²) in [5, 5.41) is 5.34. The van der Waals surface area contributed by atoms with Crippen LogP contribution in [0.4, 0.5) is 4.79 Å². The quantitative estimate of drug-likeness (QED) is 0.683. The van der Waals surface area contributed by atoms with Gasteiger partial charge in [0.25, 0.3) is 0 Å². The van der Waals surface area contributed by atoms with Gasteiger partial charge in [-0.05, 0) is 11.4 Å². The van der Waals surface area contributed by atoms with Crippen LogP contribution >= 0.6 is 23.1 Å². The molecule has 98 valence electrons. The van der Waals surface area contributed by atoms with Crippen LogP contribution in [0.3, 0.4) is 0 Å². The minimum Gasteiger partial charge on any atom is -0.336 e. The van der Waals surface area contributed by atoms with E-state index in [4.69, 9.17) is 0 Å². The number of nitrogens with one attached hydrogen (secondary N) is 1. The van der Waals surface area contributed by atoms with Gasteiger partial charge in [0, 0.05) is 13.1 Å². The summed E-state index contributed by atoms with van der Waals surface area (Å²) >= 11 is 2.89. The van der Waals surface area contributed by atoms with E-state index < -0.39 is 0 Å². The molecule has 3 amide bonds. The third-order valence-corrected chi connectivity index (χ3v) is 4.71. The van der Waals surface area contributed by atoms with E-state index in [-0.39, 0.29) is 17.7 Å². The topological polar surface area (TPSA) is 75.2 Å². The van der Waals surface area contributed by atoms with Crippen molar-refractivity contribution in [2.24, 2.45) is 0 Å². The smallest absolute Gasteiger partial charge is 0.324 e. The lowest BCUT2D eigenvalue weighted by molar-refractivity contribution is -0.124. The van der Waals surface area contributed by atoms with Crippen molar-refractivity contribution in [3.63, 3.8) is 0 Å². The fraction of sp³-hybridized carbons (Fsp3) is 0.273. The van der Waals surface area contributed by atoms with Crippen LogP contribution in [-0.2, 0) is 4.79 Å². The Hall–Kier alpha value is -1.67. The van der Waals surface area contributed by atoms with Crippen LogP contribution in [0.25, 0.3) is 10.2 Å². The molecule has 0 aromatic carbocycles. The molecule has 1 aliphatic heterocycles. The van der Waals surface area contributed by atoms with Crippen molar-refractivity contribution in [1.82, 2.24) is 20.2 Å². The number of hydrogen-bond acceptors (Lipinski definition) is 6. The Morgan fingerprint density at radius 3 is 3.21 bits per heavy atom. The zero-order chi connectivity index (χ0) is 13.2. The van der Waals surface area contributed by atoms with E-state index >= 15 is 0 Å². The van der Waals surface area contributed by atoms with Crippen LogP contribution in [0.2, 0.25) is 0 Å². The molecular weight excluding hydrogens is 284 g/mol. The monoisotopic (exact) mass is 294 g/mol. The first-order valence-corrected chi connectivity index (χ1v) is 7.51. The summed E-state index contributed by atoms with van der Waals surface area (Å²) in [5.74, 6) is 0.0144. The average molecular weight is 294 g/mol. The lowest BCUT2D eigenvalue weighted by Gasteiger charge is -2.11. The molecule has 8 heteroatoms. The predicted octanol–water partition coefficient (Wildman–Crippen LogP) is 1.34. The van der Waals surface area contributed by atoms with Gasteiger partial charge in [-0.15, -0.1) is 11.3 Å². The van der Waals surface area contributed by atoms with Gasteiger partial charge in [-0.2, -0.15) is 0 Å². The van der Waals surface area contributed by atoms with E-state index in [1.807, 2.05) is 11.4 Å². The Balaban J connectivity index is 1.70. The first-order valence-electron chi connectivity index (χ1n) is 5.65. The molecule has 0 aliphatic carbocycles. The minimum atomic E-state index is -0.311. The molecule has 1 saturated heterocycles. The first-order chi connectivity index (χ1) is 9.25. The maximum Gasteiger partial charge on any atom is 0.324 e. The molecule has 1 fully saturated rings. The Labute approximate surface area is 117 Å². The number of rotatable bonds is 3. The molecule has 0 unspecified atom stereocenters.